The van der Waals surface area contributed by atoms with Crippen molar-refractivity contribution in [3.8, 4) is 5.75 Å². The van der Waals surface area contributed by atoms with E-state index < -0.39 is 24.4 Å². The Hall–Kier alpha value is -2.93. The number of hydrogen-bond donors (Lipinski definition) is 1. The van der Waals surface area contributed by atoms with Gasteiger partial charge in [-0.05, 0) is 37.3 Å². The Balaban J connectivity index is 1.82. The zero-order valence-corrected chi connectivity index (χ0v) is 14.6. The van der Waals surface area contributed by atoms with Crippen LogP contribution in [0.5, 0.6) is 5.75 Å². The number of thiophene rings is 1. The molecule has 2 rings (SSSR count). The summed E-state index contributed by atoms with van der Waals surface area (Å²) in [6.07, 6.45) is 2.85. The van der Waals surface area contributed by atoms with Crippen molar-refractivity contribution in [3.63, 3.8) is 0 Å². The van der Waals surface area contributed by atoms with Crippen LogP contribution in [0.25, 0.3) is 6.08 Å². The summed E-state index contributed by atoms with van der Waals surface area (Å²) in [6, 6.07) is 10.3. The lowest BCUT2D eigenvalue weighted by Gasteiger charge is -2.08. The molecule has 0 aliphatic carbocycles. The molecule has 7 heteroatoms. The van der Waals surface area contributed by atoms with Crippen molar-refractivity contribution in [2.75, 3.05) is 13.7 Å². The highest BCUT2D eigenvalue weighted by Gasteiger charge is 2.15. The van der Waals surface area contributed by atoms with E-state index in [0.717, 1.165) is 9.75 Å². The molecule has 1 N–H and O–H groups in total. The second kappa shape index (κ2) is 8.79. The molecule has 0 bridgehead atoms. The average molecular weight is 359 g/mol. The van der Waals surface area contributed by atoms with E-state index in [1.807, 2.05) is 19.1 Å². The van der Waals surface area contributed by atoms with Crippen molar-refractivity contribution in [3.05, 3.63) is 57.8 Å². The quantitative estimate of drug-likeness (QED) is 0.633. The fourth-order valence-corrected chi connectivity index (χ4v) is 2.72. The molecule has 0 fully saturated rings. The minimum absolute atomic E-state index is 0.220. The van der Waals surface area contributed by atoms with Crippen molar-refractivity contribution in [2.45, 2.75) is 6.92 Å². The van der Waals surface area contributed by atoms with Crippen LogP contribution in [0.15, 0.2) is 42.5 Å². The van der Waals surface area contributed by atoms with E-state index in [1.165, 1.54) is 30.6 Å². The molecule has 0 atom stereocenters. The van der Waals surface area contributed by atoms with Gasteiger partial charge in [0, 0.05) is 15.8 Å². The molecule has 0 radical (unpaired) electrons. The van der Waals surface area contributed by atoms with Gasteiger partial charge in [0.25, 0.3) is 11.8 Å². The number of carbonyl (C=O) groups excluding carboxylic acids is 3. The van der Waals surface area contributed by atoms with Gasteiger partial charge in [0.15, 0.2) is 6.61 Å². The van der Waals surface area contributed by atoms with Crippen LogP contribution in [-0.2, 0) is 14.3 Å². The van der Waals surface area contributed by atoms with Crippen LogP contribution in [0, 0.1) is 6.92 Å². The number of imide groups is 1. The van der Waals surface area contributed by atoms with Crippen molar-refractivity contribution < 1.29 is 23.9 Å². The van der Waals surface area contributed by atoms with Gasteiger partial charge < -0.3 is 9.47 Å². The summed E-state index contributed by atoms with van der Waals surface area (Å²) in [7, 11) is 1.43. The van der Waals surface area contributed by atoms with Crippen LogP contribution in [0.2, 0.25) is 0 Å². The predicted octanol–water partition coefficient (Wildman–Crippen LogP) is 2.58. The van der Waals surface area contributed by atoms with Crippen LogP contribution in [-0.4, -0.2) is 31.5 Å². The van der Waals surface area contributed by atoms with Gasteiger partial charge in [-0.25, -0.2) is 4.79 Å². The molecule has 0 aliphatic heterocycles. The molecule has 25 heavy (non-hydrogen) atoms. The van der Waals surface area contributed by atoms with E-state index in [0.29, 0.717) is 5.75 Å². The molecular formula is C18H17NO5S. The Labute approximate surface area is 149 Å². The van der Waals surface area contributed by atoms with Gasteiger partial charge in [-0.2, -0.15) is 0 Å². The number of methoxy groups -OCH3 is 1. The van der Waals surface area contributed by atoms with Gasteiger partial charge in [0.1, 0.15) is 5.75 Å². The second-order valence-electron chi connectivity index (χ2n) is 4.97. The van der Waals surface area contributed by atoms with Crippen LogP contribution in [0.1, 0.15) is 20.1 Å². The largest absolute Gasteiger partial charge is 0.496 e. The summed E-state index contributed by atoms with van der Waals surface area (Å²) >= 11 is 1.53. The minimum Gasteiger partial charge on any atom is -0.496 e. The summed E-state index contributed by atoms with van der Waals surface area (Å²) in [5, 5.41) is 2.15. The van der Waals surface area contributed by atoms with Crippen molar-refractivity contribution in [1.82, 2.24) is 5.32 Å². The second-order valence-corrected chi connectivity index (χ2v) is 6.29. The Morgan fingerprint density at radius 3 is 2.60 bits per heavy atom. The number of amides is 2. The molecule has 2 amide bonds. The standard InChI is InChI=1S/C18H17NO5S/c1-12-7-8-13(25-12)9-10-17(21)24-11-16(20)19-18(22)14-5-3-4-6-15(14)23-2/h3-10H,11H2,1-2H3,(H,19,20,22)/b10-9+. The number of carbonyl (C=O) groups is 3. The lowest BCUT2D eigenvalue weighted by molar-refractivity contribution is -0.143. The van der Waals surface area contributed by atoms with Gasteiger partial charge in [0.05, 0.1) is 12.7 Å². The first-order valence-electron chi connectivity index (χ1n) is 7.38. The highest BCUT2D eigenvalue weighted by atomic mass is 32.1. The van der Waals surface area contributed by atoms with E-state index in [2.05, 4.69) is 5.32 Å². The van der Waals surface area contributed by atoms with Crippen molar-refractivity contribution in [2.24, 2.45) is 0 Å². The molecule has 130 valence electrons. The molecule has 0 spiro atoms. The van der Waals surface area contributed by atoms with E-state index in [4.69, 9.17) is 9.47 Å². The summed E-state index contributed by atoms with van der Waals surface area (Å²) in [5.41, 5.74) is 0.220. The molecule has 0 unspecified atom stereocenters. The fourth-order valence-electron chi connectivity index (χ4n) is 1.94. The topological polar surface area (TPSA) is 81.7 Å². The van der Waals surface area contributed by atoms with Crippen molar-refractivity contribution >= 4 is 35.2 Å². The summed E-state index contributed by atoms with van der Waals surface area (Å²) < 4.78 is 9.87. The van der Waals surface area contributed by atoms with Crippen LogP contribution in [0.4, 0.5) is 0 Å². The van der Waals surface area contributed by atoms with Gasteiger partial charge in [-0.3, -0.25) is 14.9 Å². The van der Waals surface area contributed by atoms with Crippen LogP contribution < -0.4 is 10.1 Å². The monoisotopic (exact) mass is 359 g/mol. The van der Waals surface area contributed by atoms with Crippen LogP contribution >= 0.6 is 11.3 Å². The van der Waals surface area contributed by atoms with E-state index in [9.17, 15) is 14.4 Å². The molecule has 1 aromatic carbocycles. The number of hydrogen-bond acceptors (Lipinski definition) is 6. The third-order valence-electron chi connectivity index (χ3n) is 3.09. The number of benzene rings is 1. The normalized spacial score (nSPS) is 10.5. The molecule has 2 aromatic rings. The Morgan fingerprint density at radius 1 is 1.16 bits per heavy atom. The molecule has 0 saturated heterocycles. The molecule has 1 aromatic heterocycles. The zero-order chi connectivity index (χ0) is 18.2. The van der Waals surface area contributed by atoms with Gasteiger partial charge in [0.2, 0.25) is 0 Å². The number of esters is 1. The number of rotatable bonds is 6. The minimum atomic E-state index is -0.718. The van der Waals surface area contributed by atoms with Crippen LogP contribution in [0.3, 0.4) is 0 Å². The smallest absolute Gasteiger partial charge is 0.331 e. The highest BCUT2D eigenvalue weighted by Crippen LogP contribution is 2.17. The molecule has 0 aliphatic rings. The first kappa shape index (κ1) is 18.4. The highest BCUT2D eigenvalue weighted by molar-refractivity contribution is 7.12. The maximum absolute atomic E-state index is 12.0. The Bertz CT molecular complexity index is 809. The van der Waals surface area contributed by atoms with E-state index >= 15 is 0 Å². The van der Waals surface area contributed by atoms with Crippen molar-refractivity contribution in [1.29, 1.82) is 0 Å². The average Bonchev–Trinajstić information content (AvgIpc) is 3.03. The number of para-hydroxylation sites is 1. The zero-order valence-electron chi connectivity index (χ0n) is 13.8. The molecular weight excluding hydrogens is 342 g/mol. The van der Waals surface area contributed by atoms with Gasteiger partial charge in [-0.15, -0.1) is 11.3 Å². The van der Waals surface area contributed by atoms with Gasteiger partial charge in [-0.1, -0.05) is 12.1 Å². The SMILES string of the molecule is COc1ccccc1C(=O)NC(=O)COC(=O)/C=C/c1ccc(C)s1. The van der Waals surface area contributed by atoms with E-state index in [-0.39, 0.29) is 5.56 Å². The molecule has 6 nitrogen and oxygen atoms in total. The molecule has 1 heterocycles. The summed E-state index contributed by atoms with van der Waals surface area (Å²) in [4.78, 5) is 37.4. The number of ether oxygens (including phenoxy) is 2. The first-order valence-corrected chi connectivity index (χ1v) is 8.19. The summed E-state index contributed by atoms with van der Waals surface area (Å²) in [5.74, 6) is -1.65. The van der Waals surface area contributed by atoms with Gasteiger partial charge >= 0.3 is 5.97 Å². The maximum atomic E-state index is 12.0. The number of nitrogens with one attached hydrogen (secondary N) is 1. The molecule has 0 saturated carbocycles. The Kier molecular flexibility index (Phi) is 6.47. The third-order valence-corrected chi connectivity index (χ3v) is 4.06. The van der Waals surface area contributed by atoms with E-state index in [1.54, 1.807) is 24.3 Å². The first-order chi connectivity index (χ1) is 12.0. The number of aryl methyl sites for hydroxylation is 1. The lowest BCUT2D eigenvalue weighted by Crippen LogP contribution is -2.34. The predicted molar refractivity (Wildman–Crippen MR) is 94.5 cm³/mol. The third kappa shape index (κ3) is 5.58. The Morgan fingerprint density at radius 2 is 1.92 bits per heavy atom. The fraction of sp³-hybridized carbons (Fsp3) is 0.167. The maximum Gasteiger partial charge on any atom is 0.331 e. The lowest BCUT2D eigenvalue weighted by atomic mass is 10.2. The summed E-state index contributed by atoms with van der Waals surface area (Å²) in [6.45, 7) is 1.41.